The normalized spacial score (nSPS) is 20.2. The first-order valence-corrected chi connectivity index (χ1v) is 7.27. The summed E-state index contributed by atoms with van der Waals surface area (Å²) in [5.41, 5.74) is 0. The SMILES string of the molecule is CNC1CCCN(CC(=O)Nc2ccc(Br)cn2)C1. The Kier molecular flexibility index (Phi) is 5.30. The smallest absolute Gasteiger partial charge is 0.239 e. The summed E-state index contributed by atoms with van der Waals surface area (Å²) in [5, 5.41) is 6.09. The van der Waals surface area contributed by atoms with Crippen molar-refractivity contribution in [2.45, 2.75) is 18.9 Å². The molecule has 2 heterocycles. The first kappa shape index (κ1) is 14.4. The lowest BCUT2D eigenvalue weighted by atomic mass is 10.1. The lowest BCUT2D eigenvalue weighted by molar-refractivity contribution is -0.117. The topological polar surface area (TPSA) is 57.3 Å². The van der Waals surface area contributed by atoms with Crippen molar-refractivity contribution in [3.8, 4) is 0 Å². The van der Waals surface area contributed by atoms with Crippen LogP contribution in [0.5, 0.6) is 0 Å². The molecule has 1 aromatic rings. The lowest BCUT2D eigenvalue weighted by Crippen LogP contribution is -2.46. The highest BCUT2D eigenvalue weighted by molar-refractivity contribution is 9.10. The number of amides is 1. The van der Waals surface area contributed by atoms with Crippen molar-refractivity contribution in [3.05, 3.63) is 22.8 Å². The number of anilines is 1. The van der Waals surface area contributed by atoms with Crippen LogP contribution in [0.25, 0.3) is 0 Å². The molecular formula is C13H19BrN4O. The van der Waals surface area contributed by atoms with Crippen molar-refractivity contribution in [3.63, 3.8) is 0 Å². The zero-order valence-electron chi connectivity index (χ0n) is 11.0. The van der Waals surface area contributed by atoms with Crippen LogP contribution in [0.2, 0.25) is 0 Å². The van der Waals surface area contributed by atoms with Crippen molar-refractivity contribution < 1.29 is 4.79 Å². The fourth-order valence-electron chi connectivity index (χ4n) is 2.27. The second-order valence-electron chi connectivity index (χ2n) is 4.77. The third kappa shape index (κ3) is 4.56. The van der Waals surface area contributed by atoms with Crippen molar-refractivity contribution in [2.75, 3.05) is 32.0 Å². The van der Waals surface area contributed by atoms with Gasteiger partial charge in [0, 0.05) is 23.3 Å². The molecule has 1 atom stereocenters. The van der Waals surface area contributed by atoms with Crippen LogP contribution in [0.15, 0.2) is 22.8 Å². The maximum absolute atomic E-state index is 11.9. The van der Waals surface area contributed by atoms with E-state index in [0.29, 0.717) is 18.4 Å². The molecule has 0 saturated carbocycles. The average Bonchev–Trinajstić information content (AvgIpc) is 2.41. The molecule has 1 aromatic heterocycles. The number of carbonyl (C=O) groups excluding carboxylic acids is 1. The van der Waals surface area contributed by atoms with Gasteiger partial charge in [0.05, 0.1) is 6.54 Å². The van der Waals surface area contributed by atoms with E-state index in [4.69, 9.17) is 0 Å². The number of likely N-dealkylation sites (N-methyl/N-ethyl adjacent to an activating group) is 1. The zero-order chi connectivity index (χ0) is 13.7. The van der Waals surface area contributed by atoms with Crippen LogP contribution in [0.3, 0.4) is 0 Å². The summed E-state index contributed by atoms with van der Waals surface area (Å²) in [7, 11) is 1.97. The summed E-state index contributed by atoms with van der Waals surface area (Å²) < 4.78 is 0.901. The van der Waals surface area contributed by atoms with Gasteiger partial charge in [-0.05, 0) is 54.5 Å². The van der Waals surface area contributed by atoms with E-state index in [1.54, 1.807) is 12.3 Å². The van der Waals surface area contributed by atoms with Crippen LogP contribution >= 0.6 is 15.9 Å². The number of hydrogen-bond acceptors (Lipinski definition) is 4. The van der Waals surface area contributed by atoms with E-state index in [2.05, 4.69) is 36.4 Å². The van der Waals surface area contributed by atoms with E-state index >= 15 is 0 Å². The van der Waals surface area contributed by atoms with Gasteiger partial charge in [0.2, 0.25) is 5.91 Å². The van der Waals surface area contributed by atoms with Gasteiger partial charge in [0.15, 0.2) is 0 Å². The Balaban J connectivity index is 1.82. The van der Waals surface area contributed by atoms with Gasteiger partial charge >= 0.3 is 0 Å². The number of pyridine rings is 1. The highest BCUT2D eigenvalue weighted by Gasteiger charge is 2.20. The predicted molar refractivity (Wildman–Crippen MR) is 79.1 cm³/mol. The second-order valence-corrected chi connectivity index (χ2v) is 5.69. The highest BCUT2D eigenvalue weighted by atomic mass is 79.9. The Bertz CT molecular complexity index is 423. The fourth-order valence-corrected chi connectivity index (χ4v) is 2.50. The minimum Gasteiger partial charge on any atom is -0.316 e. The van der Waals surface area contributed by atoms with Crippen molar-refractivity contribution in [2.24, 2.45) is 0 Å². The number of halogens is 1. The molecule has 1 aliphatic rings. The largest absolute Gasteiger partial charge is 0.316 e. The average molecular weight is 327 g/mol. The molecule has 0 aromatic carbocycles. The molecule has 0 spiro atoms. The molecule has 1 saturated heterocycles. The van der Waals surface area contributed by atoms with Crippen LogP contribution in [0, 0.1) is 0 Å². The van der Waals surface area contributed by atoms with Crippen molar-refractivity contribution in [1.29, 1.82) is 0 Å². The molecule has 0 bridgehead atoms. The van der Waals surface area contributed by atoms with Gasteiger partial charge in [-0.25, -0.2) is 4.98 Å². The maximum atomic E-state index is 11.9. The Morgan fingerprint density at radius 3 is 3.11 bits per heavy atom. The number of carbonyl (C=O) groups is 1. The summed E-state index contributed by atoms with van der Waals surface area (Å²) in [6.07, 6.45) is 3.99. The molecule has 1 fully saturated rings. The molecule has 19 heavy (non-hydrogen) atoms. The van der Waals surface area contributed by atoms with Crippen molar-refractivity contribution in [1.82, 2.24) is 15.2 Å². The Hall–Kier alpha value is -0.980. The number of nitrogens with zero attached hydrogens (tertiary/aromatic N) is 2. The molecule has 1 unspecified atom stereocenters. The van der Waals surface area contributed by atoms with Gasteiger partial charge in [-0.2, -0.15) is 0 Å². The molecular weight excluding hydrogens is 308 g/mol. The summed E-state index contributed by atoms with van der Waals surface area (Å²) >= 11 is 3.32. The molecule has 0 aliphatic carbocycles. The summed E-state index contributed by atoms with van der Waals surface area (Å²) in [6, 6.07) is 4.14. The highest BCUT2D eigenvalue weighted by Crippen LogP contribution is 2.12. The van der Waals surface area contributed by atoms with Crippen LogP contribution < -0.4 is 10.6 Å². The number of hydrogen-bond donors (Lipinski definition) is 2. The number of nitrogens with one attached hydrogen (secondary N) is 2. The molecule has 2 N–H and O–H groups in total. The fraction of sp³-hybridized carbons (Fsp3) is 0.538. The van der Waals surface area contributed by atoms with Gasteiger partial charge in [-0.15, -0.1) is 0 Å². The van der Waals surface area contributed by atoms with E-state index < -0.39 is 0 Å². The Morgan fingerprint density at radius 2 is 2.42 bits per heavy atom. The minimum absolute atomic E-state index is 0.00780. The zero-order valence-corrected chi connectivity index (χ0v) is 12.6. The summed E-state index contributed by atoms with van der Waals surface area (Å²) in [4.78, 5) is 18.2. The van der Waals surface area contributed by atoms with E-state index in [0.717, 1.165) is 24.0 Å². The van der Waals surface area contributed by atoms with Gasteiger partial charge < -0.3 is 10.6 Å². The quantitative estimate of drug-likeness (QED) is 0.879. The first-order chi connectivity index (χ1) is 9.17. The Labute approximate surface area is 121 Å². The number of rotatable bonds is 4. The molecule has 0 radical (unpaired) electrons. The van der Waals surface area contributed by atoms with E-state index in [9.17, 15) is 4.79 Å². The van der Waals surface area contributed by atoms with E-state index in [1.807, 2.05) is 13.1 Å². The van der Waals surface area contributed by atoms with E-state index in [1.165, 1.54) is 6.42 Å². The van der Waals surface area contributed by atoms with Gasteiger partial charge in [0.1, 0.15) is 5.82 Å². The minimum atomic E-state index is -0.00780. The third-order valence-electron chi connectivity index (χ3n) is 3.28. The number of piperidine rings is 1. The van der Waals surface area contributed by atoms with Gasteiger partial charge in [0.25, 0.3) is 0 Å². The van der Waals surface area contributed by atoms with Crippen LogP contribution in [-0.2, 0) is 4.79 Å². The monoisotopic (exact) mass is 326 g/mol. The van der Waals surface area contributed by atoms with Crippen LogP contribution in [0.1, 0.15) is 12.8 Å². The van der Waals surface area contributed by atoms with Crippen molar-refractivity contribution >= 4 is 27.7 Å². The first-order valence-electron chi connectivity index (χ1n) is 6.48. The molecule has 5 nitrogen and oxygen atoms in total. The molecule has 6 heteroatoms. The molecule has 1 aliphatic heterocycles. The molecule has 1 amide bonds. The number of likely N-dealkylation sites (tertiary alicyclic amines) is 1. The van der Waals surface area contributed by atoms with E-state index in [-0.39, 0.29) is 5.91 Å². The summed E-state index contributed by atoms with van der Waals surface area (Å²) in [6.45, 7) is 2.34. The Morgan fingerprint density at radius 1 is 1.58 bits per heavy atom. The van der Waals surface area contributed by atoms with Crippen LogP contribution in [-0.4, -0.2) is 48.5 Å². The molecule has 2 rings (SSSR count). The van der Waals surface area contributed by atoms with Crippen LogP contribution in [0.4, 0.5) is 5.82 Å². The second kappa shape index (κ2) is 6.98. The van der Waals surface area contributed by atoms with Gasteiger partial charge in [-0.1, -0.05) is 0 Å². The standard InChI is InChI=1S/C13H19BrN4O/c1-15-11-3-2-6-18(8-11)9-13(19)17-12-5-4-10(14)7-16-12/h4-5,7,11,15H,2-3,6,8-9H2,1H3,(H,16,17,19). The summed E-state index contributed by atoms with van der Waals surface area (Å²) in [5.74, 6) is 0.585. The predicted octanol–water partition coefficient (Wildman–Crippen LogP) is 1.47. The maximum Gasteiger partial charge on any atom is 0.239 e. The molecule has 104 valence electrons. The third-order valence-corrected chi connectivity index (χ3v) is 3.74. The van der Waals surface area contributed by atoms with Gasteiger partial charge in [-0.3, -0.25) is 9.69 Å². The lowest BCUT2D eigenvalue weighted by Gasteiger charge is -2.31. The number of aromatic nitrogens is 1.